The van der Waals surface area contributed by atoms with Gasteiger partial charge >= 0.3 is 0 Å². The number of rotatable bonds is 6. The van der Waals surface area contributed by atoms with Gasteiger partial charge < -0.3 is 14.5 Å². The van der Waals surface area contributed by atoms with Gasteiger partial charge in [0.25, 0.3) is 11.2 Å². The van der Waals surface area contributed by atoms with Gasteiger partial charge in [-0.05, 0) is 0 Å². The molecule has 0 radical (unpaired) electrons. The number of fused-ring (bicyclic) bond motifs is 1. The van der Waals surface area contributed by atoms with Gasteiger partial charge in [-0.3, -0.25) is 19.6 Å². The molecule has 0 unspecified atom stereocenters. The molecule has 3 rings (SSSR count). The van der Waals surface area contributed by atoms with Gasteiger partial charge in [0.2, 0.25) is 5.88 Å². The van der Waals surface area contributed by atoms with Crippen LogP contribution in [0.5, 0.6) is 5.88 Å². The average molecular weight is 346 g/mol. The van der Waals surface area contributed by atoms with Gasteiger partial charge in [-0.15, -0.1) is 0 Å². The standard InChI is InChI=1S/C14H14N6O5/c1-19-7-10-11(18-19)13(21)17-12(16-10)9-5-8(20(22)23)6-15-14(9)25-4-3-24-2/h5-7H,3-4H2,1-2H3,(H,16,17,21). The Morgan fingerprint density at radius 2 is 2.20 bits per heavy atom. The van der Waals surface area contributed by atoms with Crippen molar-refractivity contribution in [3.05, 3.63) is 38.9 Å². The van der Waals surface area contributed by atoms with Crippen LogP contribution in [0.2, 0.25) is 0 Å². The van der Waals surface area contributed by atoms with Crippen LogP contribution in [0.25, 0.3) is 22.4 Å². The number of methoxy groups -OCH3 is 1. The number of nitrogens with one attached hydrogen (secondary N) is 1. The van der Waals surface area contributed by atoms with Crippen LogP contribution in [-0.2, 0) is 11.8 Å². The molecule has 25 heavy (non-hydrogen) atoms. The number of aromatic amines is 1. The number of hydrogen-bond acceptors (Lipinski definition) is 8. The van der Waals surface area contributed by atoms with E-state index in [-0.39, 0.29) is 35.1 Å². The summed E-state index contributed by atoms with van der Waals surface area (Å²) in [5.41, 5.74) is 0.0215. The van der Waals surface area contributed by atoms with E-state index in [1.54, 1.807) is 13.2 Å². The Kier molecular flexibility index (Phi) is 4.39. The maximum Gasteiger partial charge on any atom is 0.288 e. The molecule has 0 aliphatic heterocycles. The van der Waals surface area contributed by atoms with Gasteiger partial charge in [0.1, 0.15) is 24.1 Å². The van der Waals surface area contributed by atoms with Crippen LogP contribution in [-0.4, -0.2) is 50.0 Å². The predicted molar refractivity (Wildman–Crippen MR) is 86.4 cm³/mol. The lowest BCUT2D eigenvalue weighted by atomic mass is 10.2. The van der Waals surface area contributed by atoms with Crippen molar-refractivity contribution in [1.29, 1.82) is 0 Å². The smallest absolute Gasteiger partial charge is 0.288 e. The molecule has 0 atom stereocenters. The highest BCUT2D eigenvalue weighted by atomic mass is 16.6. The Morgan fingerprint density at radius 1 is 1.40 bits per heavy atom. The molecule has 0 bridgehead atoms. The fourth-order valence-electron chi connectivity index (χ4n) is 2.21. The molecular formula is C14H14N6O5. The zero-order chi connectivity index (χ0) is 18.0. The average Bonchev–Trinajstić information content (AvgIpc) is 2.96. The largest absolute Gasteiger partial charge is 0.475 e. The minimum Gasteiger partial charge on any atom is -0.475 e. The summed E-state index contributed by atoms with van der Waals surface area (Å²) < 4.78 is 11.8. The monoisotopic (exact) mass is 346 g/mol. The van der Waals surface area contributed by atoms with E-state index in [0.717, 1.165) is 6.20 Å². The molecule has 0 saturated carbocycles. The molecule has 11 nitrogen and oxygen atoms in total. The van der Waals surface area contributed by atoms with Crippen LogP contribution in [0.1, 0.15) is 0 Å². The normalized spacial score (nSPS) is 11.0. The lowest BCUT2D eigenvalue weighted by molar-refractivity contribution is -0.385. The molecule has 0 aromatic carbocycles. The predicted octanol–water partition coefficient (Wildman–Crippen LogP) is 0.652. The van der Waals surface area contributed by atoms with Crippen molar-refractivity contribution in [3.8, 4) is 17.3 Å². The van der Waals surface area contributed by atoms with Crippen LogP contribution in [0, 0.1) is 10.1 Å². The first-order chi connectivity index (χ1) is 12.0. The molecule has 0 amide bonds. The summed E-state index contributed by atoms with van der Waals surface area (Å²) >= 11 is 0. The Bertz CT molecular complexity index is 995. The van der Waals surface area contributed by atoms with E-state index >= 15 is 0 Å². The Hall–Kier alpha value is -3.34. The number of ether oxygens (including phenoxy) is 2. The number of nitro groups is 1. The van der Waals surface area contributed by atoms with E-state index in [1.165, 1.54) is 17.9 Å². The molecule has 0 spiro atoms. The van der Waals surface area contributed by atoms with Crippen molar-refractivity contribution in [2.75, 3.05) is 20.3 Å². The molecule has 3 heterocycles. The second kappa shape index (κ2) is 6.65. The maximum absolute atomic E-state index is 12.2. The third-order valence-electron chi connectivity index (χ3n) is 3.32. The summed E-state index contributed by atoms with van der Waals surface area (Å²) in [6.45, 7) is 0.497. The third-order valence-corrected chi connectivity index (χ3v) is 3.32. The van der Waals surface area contributed by atoms with E-state index in [9.17, 15) is 14.9 Å². The first-order valence-corrected chi connectivity index (χ1v) is 7.20. The minimum absolute atomic E-state index is 0.106. The van der Waals surface area contributed by atoms with Crippen molar-refractivity contribution in [3.63, 3.8) is 0 Å². The number of H-pyrrole nitrogens is 1. The van der Waals surface area contributed by atoms with Crippen molar-refractivity contribution >= 4 is 16.7 Å². The third kappa shape index (κ3) is 3.30. The number of aromatic nitrogens is 5. The second-order valence-electron chi connectivity index (χ2n) is 5.10. The lowest BCUT2D eigenvalue weighted by Crippen LogP contribution is -2.11. The van der Waals surface area contributed by atoms with Crippen LogP contribution in [0.4, 0.5) is 5.69 Å². The van der Waals surface area contributed by atoms with Crippen molar-refractivity contribution in [1.82, 2.24) is 24.7 Å². The van der Waals surface area contributed by atoms with E-state index in [0.29, 0.717) is 12.1 Å². The van der Waals surface area contributed by atoms with E-state index in [1.807, 2.05) is 0 Å². The van der Waals surface area contributed by atoms with Gasteiger partial charge in [-0.2, -0.15) is 5.10 Å². The number of nitrogens with zero attached hydrogens (tertiary/aromatic N) is 5. The summed E-state index contributed by atoms with van der Waals surface area (Å²) in [4.78, 5) is 33.5. The molecule has 3 aromatic heterocycles. The number of pyridine rings is 1. The SMILES string of the molecule is COCCOc1ncc([N+](=O)[O-])cc1-c1nc2cn(C)nc2c(=O)[nH]1. The first kappa shape index (κ1) is 16.5. The second-order valence-corrected chi connectivity index (χ2v) is 5.10. The highest BCUT2D eigenvalue weighted by Gasteiger charge is 2.18. The molecule has 0 saturated heterocycles. The lowest BCUT2D eigenvalue weighted by Gasteiger charge is -2.09. The Labute approximate surface area is 140 Å². The van der Waals surface area contributed by atoms with E-state index in [2.05, 4.69) is 20.1 Å². The number of hydrogen-bond donors (Lipinski definition) is 1. The fraction of sp³-hybridized carbons (Fsp3) is 0.286. The molecule has 0 aliphatic rings. The van der Waals surface area contributed by atoms with Crippen LogP contribution in [0.15, 0.2) is 23.3 Å². The minimum atomic E-state index is -0.587. The summed E-state index contributed by atoms with van der Waals surface area (Å²) in [6, 6.07) is 1.25. The first-order valence-electron chi connectivity index (χ1n) is 7.20. The molecule has 1 N–H and O–H groups in total. The summed E-state index contributed by atoms with van der Waals surface area (Å²) in [5, 5.41) is 15.1. The van der Waals surface area contributed by atoms with Crippen molar-refractivity contribution < 1.29 is 14.4 Å². The van der Waals surface area contributed by atoms with Gasteiger partial charge in [-0.1, -0.05) is 0 Å². The summed E-state index contributed by atoms with van der Waals surface area (Å²) in [7, 11) is 3.18. The molecule has 0 fully saturated rings. The summed E-state index contributed by atoms with van der Waals surface area (Å²) in [5.74, 6) is 0.211. The Balaban J connectivity index is 2.14. The highest BCUT2D eigenvalue weighted by molar-refractivity contribution is 5.76. The Morgan fingerprint density at radius 3 is 2.92 bits per heavy atom. The van der Waals surface area contributed by atoms with Crippen LogP contribution >= 0.6 is 0 Å². The fourth-order valence-corrected chi connectivity index (χ4v) is 2.21. The number of aryl methyl sites for hydroxylation is 1. The van der Waals surface area contributed by atoms with Crippen LogP contribution < -0.4 is 10.3 Å². The van der Waals surface area contributed by atoms with Crippen molar-refractivity contribution in [2.24, 2.45) is 7.05 Å². The van der Waals surface area contributed by atoms with Gasteiger partial charge in [0.05, 0.1) is 23.3 Å². The van der Waals surface area contributed by atoms with Gasteiger partial charge in [-0.25, -0.2) is 9.97 Å². The molecule has 3 aromatic rings. The summed E-state index contributed by atoms with van der Waals surface area (Å²) in [6.07, 6.45) is 2.65. The quantitative estimate of drug-likeness (QED) is 0.390. The molecular weight excluding hydrogens is 332 g/mol. The zero-order valence-corrected chi connectivity index (χ0v) is 13.4. The van der Waals surface area contributed by atoms with E-state index < -0.39 is 10.5 Å². The maximum atomic E-state index is 12.2. The van der Waals surface area contributed by atoms with Gasteiger partial charge in [0, 0.05) is 20.2 Å². The van der Waals surface area contributed by atoms with Crippen LogP contribution in [0.3, 0.4) is 0 Å². The van der Waals surface area contributed by atoms with Crippen molar-refractivity contribution in [2.45, 2.75) is 0 Å². The molecule has 0 aliphatic carbocycles. The highest BCUT2D eigenvalue weighted by Crippen LogP contribution is 2.29. The molecule has 11 heteroatoms. The van der Waals surface area contributed by atoms with E-state index in [4.69, 9.17) is 9.47 Å². The van der Waals surface area contributed by atoms with Gasteiger partial charge in [0.15, 0.2) is 5.52 Å². The molecule has 130 valence electrons. The topological polar surface area (TPSA) is 138 Å². The zero-order valence-electron chi connectivity index (χ0n) is 13.4.